The maximum atomic E-state index is 6.22. The Morgan fingerprint density at radius 1 is 1.35 bits per heavy atom. The van der Waals surface area contributed by atoms with Crippen LogP contribution in [-0.4, -0.2) is 23.4 Å². The fourth-order valence-corrected chi connectivity index (χ4v) is 2.80. The summed E-state index contributed by atoms with van der Waals surface area (Å²) in [6.45, 7) is 5.11. The van der Waals surface area contributed by atoms with Crippen molar-refractivity contribution in [3.63, 3.8) is 0 Å². The standard InChI is InChI=1S/C13H16Cl3N/c1-9-7-17(5-4-12(9)15)8-10-6-11(14)2-3-13(10)16/h2-3,6,9,12H,4-5,7-8H2,1H3. The molecule has 2 unspecified atom stereocenters. The van der Waals surface area contributed by atoms with Crippen molar-refractivity contribution in [3.05, 3.63) is 33.8 Å². The monoisotopic (exact) mass is 291 g/mol. The van der Waals surface area contributed by atoms with E-state index in [1.54, 1.807) is 0 Å². The molecule has 1 aliphatic heterocycles. The van der Waals surface area contributed by atoms with Crippen LogP contribution in [0.2, 0.25) is 10.0 Å². The SMILES string of the molecule is CC1CN(Cc2cc(Cl)ccc2Cl)CCC1Cl. The van der Waals surface area contributed by atoms with Crippen LogP contribution in [0, 0.1) is 5.92 Å². The van der Waals surface area contributed by atoms with Crippen molar-refractivity contribution in [2.45, 2.75) is 25.3 Å². The van der Waals surface area contributed by atoms with Gasteiger partial charge in [0.25, 0.3) is 0 Å². The number of hydrogen-bond donors (Lipinski definition) is 0. The molecule has 0 radical (unpaired) electrons. The third-order valence-corrected chi connectivity index (χ3v) is 4.54. The van der Waals surface area contributed by atoms with E-state index in [0.717, 1.165) is 41.7 Å². The zero-order valence-electron chi connectivity index (χ0n) is 9.80. The lowest BCUT2D eigenvalue weighted by molar-refractivity contribution is 0.180. The Morgan fingerprint density at radius 2 is 2.12 bits per heavy atom. The number of likely N-dealkylation sites (tertiary alicyclic amines) is 1. The minimum absolute atomic E-state index is 0.307. The van der Waals surface area contributed by atoms with Gasteiger partial charge >= 0.3 is 0 Å². The lowest BCUT2D eigenvalue weighted by Crippen LogP contribution is -2.39. The summed E-state index contributed by atoms with van der Waals surface area (Å²) in [6, 6.07) is 5.62. The highest BCUT2D eigenvalue weighted by Crippen LogP contribution is 2.26. The number of rotatable bonds is 2. The van der Waals surface area contributed by atoms with Gasteiger partial charge in [-0.15, -0.1) is 11.6 Å². The molecule has 0 aliphatic carbocycles. The second-order valence-electron chi connectivity index (χ2n) is 4.75. The van der Waals surface area contributed by atoms with E-state index in [2.05, 4.69) is 11.8 Å². The Bertz CT molecular complexity index is 394. The van der Waals surface area contributed by atoms with Crippen LogP contribution in [0.3, 0.4) is 0 Å². The van der Waals surface area contributed by atoms with Crippen LogP contribution in [0.1, 0.15) is 18.9 Å². The molecule has 17 heavy (non-hydrogen) atoms. The zero-order valence-corrected chi connectivity index (χ0v) is 12.1. The maximum absolute atomic E-state index is 6.22. The van der Waals surface area contributed by atoms with E-state index in [1.165, 1.54) is 0 Å². The molecule has 2 atom stereocenters. The predicted octanol–water partition coefficient (Wildman–Crippen LogP) is 4.44. The summed E-state index contributed by atoms with van der Waals surface area (Å²) in [5.74, 6) is 0.531. The van der Waals surface area contributed by atoms with Gasteiger partial charge in [-0.25, -0.2) is 0 Å². The lowest BCUT2D eigenvalue weighted by atomic mass is 9.99. The summed E-state index contributed by atoms with van der Waals surface area (Å²) in [5, 5.41) is 1.83. The second-order valence-corrected chi connectivity index (χ2v) is 6.16. The molecule has 94 valence electrons. The fourth-order valence-electron chi connectivity index (χ4n) is 2.25. The van der Waals surface area contributed by atoms with E-state index in [0.29, 0.717) is 11.3 Å². The molecule has 0 aromatic heterocycles. The molecule has 4 heteroatoms. The number of alkyl halides is 1. The van der Waals surface area contributed by atoms with Crippen LogP contribution in [0.25, 0.3) is 0 Å². The highest BCUT2D eigenvalue weighted by molar-refractivity contribution is 6.33. The van der Waals surface area contributed by atoms with Crippen LogP contribution in [-0.2, 0) is 6.54 Å². The third-order valence-electron chi connectivity index (χ3n) is 3.29. The summed E-state index contributed by atoms with van der Waals surface area (Å²) in [5.41, 5.74) is 1.10. The van der Waals surface area contributed by atoms with Gasteiger partial charge < -0.3 is 0 Å². The Hall–Kier alpha value is 0.0500. The molecule has 1 fully saturated rings. The van der Waals surface area contributed by atoms with Crippen LogP contribution in [0.15, 0.2) is 18.2 Å². The maximum Gasteiger partial charge on any atom is 0.0452 e. The third kappa shape index (κ3) is 3.51. The van der Waals surface area contributed by atoms with Gasteiger partial charge in [0.15, 0.2) is 0 Å². The summed E-state index contributed by atoms with van der Waals surface area (Å²) in [6.07, 6.45) is 1.04. The van der Waals surface area contributed by atoms with Gasteiger partial charge in [-0.05, 0) is 42.6 Å². The van der Waals surface area contributed by atoms with Crippen LogP contribution in [0.4, 0.5) is 0 Å². The van der Waals surface area contributed by atoms with Crippen molar-refractivity contribution in [3.8, 4) is 0 Å². The molecular formula is C13H16Cl3N. The van der Waals surface area contributed by atoms with E-state index in [4.69, 9.17) is 34.8 Å². The normalized spacial score (nSPS) is 26.1. The van der Waals surface area contributed by atoms with Crippen molar-refractivity contribution in [2.75, 3.05) is 13.1 Å². The number of hydrogen-bond acceptors (Lipinski definition) is 1. The fraction of sp³-hybridized carbons (Fsp3) is 0.538. The minimum atomic E-state index is 0.307. The molecule has 1 aromatic rings. The van der Waals surface area contributed by atoms with Gasteiger partial charge in [0.2, 0.25) is 0 Å². The van der Waals surface area contributed by atoms with Crippen molar-refractivity contribution in [1.29, 1.82) is 0 Å². The molecule has 2 rings (SSSR count). The summed E-state index contributed by atoms with van der Waals surface area (Å²) in [4.78, 5) is 2.39. The summed E-state index contributed by atoms with van der Waals surface area (Å²) in [7, 11) is 0. The zero-order chi connectivity index (χ0) is 12.4. The van der Waals surface area contributed by atoms with E-state index in [1.807, 2.05) is 18.2 Å². The van der Waals surface area contributed by atoms with E-state index < -0.39 is 0 Å². The highest BCUT2D eigenvalue weighted by Gasteiger charge is 2.24. The molecule has 0 amide bonds. The first kappa shape index (κ1) is 13.5. The minimum Gasteiger partial charge on any atom is -0.299 e. The Labute approximate surface area is 118 Å². The number of halogens is 3. The average Bonchev–Trinajstić information content (AvgIpc) is 2.29. The van der Waals surface area contributed by atoms with Crippen molar-refractivity contribution in [2.24, 2.45) is 5.92 Å². The molecule has 0 bridgehead atoms. The van der Waals surface area contributed by atoms with Crippen LogP contribution >= 0.6 is 34.8 Å². The van der Waals surface area contributed by atoms with E-state index in [-0.39, 0.29) is 0 Å². The number of benzene rings is 1. The molecule has 1 nitrogen and oxygen atoms in total. The molecule has 1 saturated heterocycles. The lowest BCUT2D eigenvalue weighted by Gasteiger charge is -2.34. The Morgan fingerprint density at radius 3 is 2.82 bits per heavy atom. The molecule has 0 N–H and O–H groups in total. The van der Waals surface area contributed by atoms with Gasteiger partial charge in [0.05, 0.1) is 0 Å². The number of nitrogens with zero attached hydrogens (tertiary/aromatic N) is 1. The van der Waals surface area contributed by atoms with Crippen LogP contribution in [0.5, 0.6) is 0 Å². The van der Waals surface area contributed by atoms with Gasteiger partial charge in [0.1, 0.15) is 0 Å². The number of piperidine rings is 1. The van der Waals surface area contributed by atoms with E-state index >= 15 is 0 Å². The van der Waals surface area contributed by atoms with Gasteiger partial charge in [-0.1, -0.05) is 30.1 Å². The predicted molar refractivity (Wildman–Crippen MR) is 75.2 cm³/mol. The molecule has 0 spiro atoms. The Balaban J connectivity index is 2.03. The summed E-state index contributed by atoms with van der Waals surface area (Å²) < 4.78 is 0. The first-order chi connectivity index (χ1) is 8.06. The first-order valence-electron chi connectivity index (χ1n) is 5.86. The largest absolute Gasteiger partial charge is 0.299 e. The summed E-state index contributed by atoms with van der Waals surface area (Å²) >= 11 is 18.4. The van der Waals surface area contributed by atoms with Gasteiger partial charge in [0, 0.05) is 28.5 Å². The van der Waals surface area contributed by atoms with Crippen molar-refractivity contribution < 1.29 is 0 Å². The molecule has 1 aromatic carbocycles. The smallest absolute Gasteiger partial charge is 0.0452 e. The Kier molecular flexibility index (Phi) is 4.59. The average molecular weight is 293 g/mol. The van der Waals surface area contributed by atoms with Crippen molar-refractivity contribution >= 4 is 34.8 Å². The van der Waals surface area contributed by atoms with Crippen molar-refractivity contribution in [1.82, 2.24) is 4.90 Å². The molecule has 1 aliphatic rings. The first-order valence-corrected chi connectivity index (χ1v) is 7.06. The molecular weight excluding hydrogens is 277 g/mol. The molecule has 0 saturated carbocycles. The molecule has 1 heterocycles. The second kappa shape index (κ2) is 5.79. The topological polar surface area (TPSA) is 3.24 Å². The van der Waals surface area contributed by atoms with Gasteiger partial charge in [-0.3, -0.25) is 4.90 Å². The van der Waals surface area contributed by atoms with Gasteiger partial charge in [-0.2, -0.15) is 0 Å². The van der Waals surface area contributed by atoms with E-state index in [9.17, 15) is 0 Å². The van der Waals surface area contributed by atoms with Crippen LogP contribution < -0.4 is 0 Å². The quantitative estimate of drug-likeness (QED) is 0.728. The highest BCUT2D eigenvalue weighted by atomic mass is 35.5.